The lowest BCUT2D eigenvalue weighted by molar-refractivity contribution is -0.171. The molecule has 372 valence electrons. The van der Waals surface area contributed by atoms with Crippen LogP contribution in [0.4, 0.5) is 0 Å². The van der Waals surface area contributed by atoms with Crippen LogP contribution in [-0.4, -0.2) is 177 Å². The van der Waals surface area contributed by atoms with Gasteiger partial charge in [-0.15, -0.1) is 0 Å². The Bertz CT molecular complexity index is 2240. The second-order valence-electron chi connectivity index (χ2n) is 14.8. The number of rotatable bonds is 35. The fourth-order valence-corrected chi connectivity index (χ4v) is 6.94. The number of cyclic esters (lactones) is 1. The molecule has 1 aromatic carbocycles. The lowest BCUT2D eigenvalue weighted by atomic mass is 9.97. The Morgan fingerprint density at radius 2 is 1.34 bits per heavy atom. The van der Waals surface area contributed by atoms with Gasteiger partial charge < -0.3 is 72.4 Å². The quantitative estimate of drug-likeness (QED) is 0.0191. The number of carbonyl (C=O) groups is 4. The number of hydrogen-bond acceptors (Lipinski definition) is 19. The number of ether oxygens (including phenoxy) is 11. The van der Waals surface area contributed by atoms with Crippen LogP contribution in [0.2, 0.25) is 0 Å². The summed E-state index contributed by atoms with van der Waals surface area (Å²) in [7, 11) is 0. The Morgan fingerprint density at radius 3 is 1.91 bits per heavy atom. The Kier molecular flexibility index (Phi) is 23.3. The van der Waals surface area contributed by atoms with E-state index in [1.165, 1.54) is 6.07 Å². The molecule has 68 heavy (non-hydrogen) atoms. The van der Waals surface area contributed by atoms with E-state index in [2.05, 4.69) is 20.7 Å². The maximum absolute atomic E-state index is 13.7. The molecule has 3 aromatic rings. The molecule has 1 atom stereocenters. The summed E-state index contributed by atoms with van der Waals surface area (Å²) in [6.07, 6.45) is -0.941. The average molecular weight is 958 g/mol. The molecule has 0 saturated heterocycles. The molecule has 0 aliphatic carbocycles. The van der Waals surface area contributed by atoms with Gasteiger partial charge in [-0.25, -0.2) is 9.78 Å². The highest BCUT2D eigenvalue weighted by molar-refractivity contribution is 5.90. The SMILES string of the molecule is CCc1c2c(nc3ccc(O)cc13)-c1cc3c(c(=O)n1C2)COC(=O)C3OC(=O)CNC(=O)COCC(=O)NCCOCCOCCOCCOCCOCCOCCOCCOCCN=[N+]=[N-]. The summed E-state index contributed by atoms with van der Waals surface area (Å²) in [5.74, 6) is -2.94. The Labute approximate surface area is 391 Å². The number of hydrogen-bond donors (Lipinski definition) is 3. The highest BCUT2D eigenvalue weighted by atomic mass is 16.6. The minimum absolute atomic E-state index is 0.0971. The van der Waals surface area contributed by atoms with E-state index in [1.807, 2.05) is 6.92 Å². The molecule has 5 rings (SSSR count). The van der Waals surface area contributed by atoms with Gasteiger partial charge in [0.1, 0.15) is 32.1 Å². The lowest BCUT2D eigenvalue weighted by Gasteiger charge is -2.25. The minimum Gasteiger partial charge on any atom is -0.508 e. The third kappa shape index (κ3) is 17.1. The van der Waals surface area contributed by atoms with E-state index >= 15 is 0 Å². The smallest absolute Gasteiger partial charge is 0.352 e. The molecule has 24 nitrogen and oxygen atoms in total. The van der Waals surface area contributed by atoms with Gasteiger partial charge in [0.05, 0.1) is 135 Å². The molecule has 2 aliphatic rings. The lowest BCUT2D eigenvalue weighted by Crippen LogP contribution is -2.38. The number of aromatic nitrogens is 2. The molecule has 0 bridgehead atoms. The van der Waals surface area contributed by atoms with Crippen molar-refractivity contribution >= 4 is 34.7 Å². The summed E-state index contributed by atoms with van der Waals surface area (Å²) in [5.41, 5.74) is 11.5. The average Bonchev–Trinajstić information content (AvgIpc) is 3.70. The van der Waals surface area contributed by atoms with Crippen molar-refractivity contribution in [3.8, 4) is 17.1 Å². The second-order valence-corrected chi connectivity index (χ2v) is 14.8. The number of aromatic hydroxyl groups is 1. The van der Waals surface area contributed by atoms with Gasteiger partial charge in [0.2, 0.25) is 17.9 Å². The van der Waals surface area contributed by atoms with Crippen molar-refractivity contribution in [1.29, 1.82) is 0 Å². The first-order valence-corrected chi connectivity index (χ1v) is 22.2. The zero-order valence-corrected chi connectivity index (χ0v) is 38.1. The number of nitrogens with zero attached hydrogens (tertiary/aromatic N) is 5. The van der Waals surface area contributed by atoms with Crippen LogP contribution in [0.1, 0.15) is 35.3 Å². The topological polar surface area (TPSA) is 298 Å². The van der Waals surface area contributed by atoms with Crippen LogP contribution >= 0.6 is 0 Å². The summed E-state index contributed by atoms with van der Waals surface area (Å²) in [6.45, 7) is 7.18. The van der Waals surface area contributed by atoms with E-state index in [9.17, 15) is 29.1 Å². The van der Waals surface area contributed by atoms with E-state index in [0.717, 1.165) is 16.5 Å². The van der Waals surface area contributed by atoms with Crippen molar-refractivity contribution < 1.29 is 76.4 Å². The number of amides is 2. The fourth-order valence-electron chi connectivity index (χ4n) is 6.94. The number of esters is 2. The largest absolute Gasteiger partial charge is 0.508 e. The van der Waals surface area contributed by atoms with E-state index in [1.54, 1.807) is 22.8 Å². The molecule has 2 aromatic heterocycles. The number of aryl methyl sites for hydroxylation is 1. The van der Waals surface area contributed by atoms with Gasteiger partial charge in [-0.05, 0) is 41.8 Å². The molecule has 4 heterocycles. The van der Waals surface area contributed by atoms with Gasteiger partial charge in [0.25, 0.3) is 5.56 Å². The van der Waals surface area contributed by atoms with Gasteiger partial charge in [-0.3, -0.25) is 19.2 Å². The Hall–Kier alpha value is -5.79. The van der Waals surface area contributed by atoms with Crippen molar-refractivity contribution in [1.82, 2.24) is 20.2 Å². The predicted molar refractivity (Wildman–Crippen MR) is 238 cm³/mol. The monoisotopic (exact) mass is 957 g/mol. The highest BCUT2D eigenvalue weighted by Crippen LogP contribution is 2.39. The van der Waals surface area contributed by atoms with Crippen molar-refractivity contribution in [2.45, 2.75) is 32.6 Å². The van der Waals surface area contributed by atoms with Crippen LogP contribution in [-0.2, 0) is 90.9 Å². The maximum Gasteiger partial charge on any atom is 0.352 e. The van der Waals surface area contributed by atoms with Gasteiger partial charge in [0, 0.05) is 34.5 Å². The normalized spacial score (nSPS) is 13.6. The minimum atomic E-state index is -1.56. The van der Waals surface area contributed by atoms with Crippen LogP contribution in [0.3, 0.4) is 0 Å². The molecule has 2 aliphatic heterocycles. The standard InChI is InChI=1S/C44H59N7O17/c1-2-31-32-23-30(52)3-4-36(32)49-41-34(31)26-51-37(41)24-33-35(43(51)56)27-67-44(57)42(33)68-40(55)25-47-39(54)29-66-28-38(53)46-5-7-58-9-11-60-13-15-62-17-19-64-21-22-65-20-18-63-16-14-61-12-10-59-8-6-48-50-45/h3-4,23-24,42,52H,2,5-22,25-29H2,1H3,(H,46,53)(H,47,54). The molecule has 0 saturated carbocycles. The van der Waals surface area contributed by atoms with E-state index in [4.69, 9.17) is 62.6 Å². The second kappa shape index (κ2) is 29.9. The number of phenols is 1. The first-order valence-electron chi connectivity index (χ1n) is 22.2. The van der Waals surface area contributed by atoms with Crippen molar-refractivity contribution in [3.63, 3.8) is 0 Å². The summed E-state index contributed by atoms with van der Waals surface area (Å²) < 4.78 is 60.6. The predicted octanol–water partition coefficient (Wildman–Crippen LogP) is 1.03. The third-order valence-corrected chi connectivity index (χ3v) is 10.1. The van der Waals surface area contributed by atoms with Crippen molar-refractivity contribution in [2.24, 2.45) is 5.11 Å². The summed E-state index contributed by atoms with van der Waals surface area (Å²) >= 11 is 0. The van der Waals surface area contributed by atoms with E-state index in [0.29, 0.717) is 129 Å². The number of fused-ring (bicyclic) bond motifs is 5. The van der Waals surface area contributed by atoms with Crippen molar-refractivity contribution in [3.05, 3.63) is 67.3 Å². The van der Waals surface area contributed by atoms with Gasteiger partial charge in [0.15, 0.2) is 0 Å². The molecule has 0 radical (unpaired) electrons. The molecular formula is C44H59N7O17. The number of benzene rings is 1. The van der Waals surface area contributed by atoms with Gasteiger partial charge in [-0.1, -0.05) is 12.0 Å². The summed E-state index contributed by atoms with van der Waals surface area (Å²) in [5, 5.41) is 19.2. The van der Waals surface area contributed by atoms with E-state index in [-0.39, 0.29) is 43.2 Å². The first-order chi connectivity index (χ1) is 33.2. The number of phenolic OH excluding ortho intramolecular Hbond substituents is 1. The first kappa shape index (κ1) is 53.2. The van der Waals surface area contributed by atoms with E-state index < -0.39 is 55.2 Å². The molecule has 2 amide bonds. The molecule has 1 unspecified atom stereocenters. The molecule has 3 N–H and O–H groups in total. The number of nitrogens with one attached hydrogen (secondary N) is 2. The fraction of sp³-hybridized carbons (Fsp3) is 0.591. The van der Waals surface area contributed by atoms with Crippen LogP contribution < -0.4 is 16.2 Å². The van der Waals surface area contributed by atoms with Crippen LogP contribution in [0.25, 0.3) is 32.7 Å². The van der Waals surface area contributed by atoms with Crippen LogP contribution in [0.5, 0.6) is 5.75 Å². The zero-order chi connectivity index (χ0) is 48.4. The molecule has 24 heteroatoms. The number of pyridine rings is 2. The number of azide groups is 1. The third-order valence-electron chi connectivity index (χ3n) is 10.1. The molecular weight excluding hydrogens is 899 g/mol. The molecule has 0 spiro atoms. The summed E-state index contributed by atoms with van der Waals surface area (Å²) in [4.78, 5) is 71.2. The van der Waals surface area contributed by atoms with Gasteiger partial charge >= 0.3 is 11.9 Å². The van der Waals surface area contributed by atoms with Crippen LogP contribution in [0.15, 0.2) is 34.2 Å². The Balaban J connectivity index is 0.829. The summed E-state index contributed by atoms with van der Waals surface area (Å²) in [6, 6.07) is 6.47. The van der Waals surface area contributed by atoms with Crippen molar-refractivity contribution in [2.75, 3.05) is 139 Å². The zero-order valence-electron chi connectivity index (χ0n) is 38.1. The number of carbonyl (C=O) groups excluding carboxylic acids is 4. The molecule has 0 fully saturated rings. The van der Waals surface area contributed by atoms with Crippen LogP contribution in [0, 0.1) is 0 Å². The van der Waals surface area contributed by atoms with Gasteiger partial charge in [-0.2, -0.15) is 0 Å². The maximum atomic E-state index is 13.7. The highest BCUT2D eigenvalue weighted by Gasteiger charge is 2.38. The Morgan fingerprint density at radius 1 is 0.779 bits per heavy atom.